The van der Waals surface area contributed by atoms with E-state index < -0.39 is 0 Å². The van der Waals surface area contributed by atoms with Crippen LogP contribution in [0.5, 0.6) is 0 Å². The average molecular weight is 182 g/mol. The third-order valence-corrected chi connectivity index (χ3v) is 2.16. The molecule has 0 saturated carbocycles. The summed E-state index contributed by atoms with van der Waals surface area (Å²) >= 11 is 0. The second-order valence-electron chi connectivity index (χ2n) is 3.32. The van der Waals surface area contributed by atoms with Crippen LogP contribution in [0.1, 0.15) is 52.4 Å². The molecule has 0 heterocycles. The minimum atomic E-state index is 0.159. The molecule has 13 heavy (non-hydrogen) atoms. The monoisotopic (exact) mass is 182 g/mol. The molecule has 0 saturated heterocycles. The fourth-order valence-electron chi connectivity index (χ4n) is 1.34. The van der Waals surface area contributed by atoms with E-state index in [-0.39, 0.29) is 6.10 Å². The number of methoxy groups -OCH3 is 1. The summed E-state index contributed by atoms with van der Waals surface area (Å²) in [6.07, 6.45) is 7.82. The number of rotatable bonds is 7. The van der Waals surface area contributed by atoms with Crippen molar-refractivity contribution in [3.63, 3.8) is 0 Å². The first-order valence-electron chi connectivity index (χ1n) is 5.30. The first-order valence-corrected chi connectivity index (χ1v) is 5.30. The predicted molar refractivity (Wildman–Crippen MR) is 57.6 cm³/mol. The van der Waals surface area contributed by atoms with Crippen molar-refractivity contribution in [1.29, 1.82) is 0 Å². The van der Waals surface area contributed by atoms with Gasteiger partial charge < -0.3 is 4.74 Å². The fraction of sp³-hybridized carbons (Fsp3) is 0.833. The molecule has 0 rings (SSSR count). The zero-order chi connectivity index (χ0) is 9.94. The minimum Gasteiger partial charge on any atom is -0.369 e. The van der Waals surface area contributed by atoms with Crippen molar-refractivity contribution in [3.8, 4) is 11.8 Å². The highest BCUT2D eigenvalue weighted by Crippen LogP contribution is 2.08. The third kappa shape index (κ3) is 7.87. The van der Waals surface area contributed by atoms with E-state index in [1.807, 2.05) is 6.92 Å². The highest BCUT2D eigenvalue weighted by molar-refractivity contribution is 5.02. The maximum Gasteiger partial charge on any atom is 0.117 e. The SMILES string of the molecule is CC#CC(CCCCCCC)OC. The van der Waals surface area contributed by atoms with E-state index in [0.717, 1.165) is 6.42 Å². The van der Waals surface area contributed by atoms with Crippen molar-refractivity contribution < 1.29 is 4.74 Å². The second-order valence-corrected chi connectivity index (χ2v) is 3.32. The third-order valence-electron chi connectivity index (χ3n) is 2.16. The van der Waals surface area contributed by atoms with Gasteiger partial charge in [-0.15, -0.1) is 5.92 Å². The molecule has 0 radical (unpaired) electrons. The Morgan fingerprint density at radius 2 is 1.85 bits per heavy atom. The van der Waals surface area contributed by atoms with Crippen LogP contribution in [0.3, 0.4) is 0 Å². The number of hydrogen-bond donors (Lipinski definition) is 0. The van der Waals surface area contributed by atoms with Crippen LogP contribution >= 0.6 is 0 Å². The van der Waals surface area contributed by atoms with Crippen LogP contribution in [0.2, 0.25) is 0 Å². The summed E-state index contributed by atoms with van der Waals surface area (Å²) < 4.78 is 5.22. The zero-order valence-corrected chi connectivity index (χ0v) is 9.23. The quantitative estimate of drug-likeness (QED) is 0.433. The molecule has 0 aliphatic heterocycles. The summed E-state index contributed by atoms with van der Waals surface area (Å²) in [6.45, 7) is 4.10. The maximum absolute atomic E-state index is 5.22. The summed E-state index contributed by atoms with van der Waals surface area (Å²) in [6, 6.07) is 0. The van der Waals surface area contributed by atoms with Crippen LogP contribution in [0, 0.1) is 11.8 Å². The average Bonchev–Trinajstić information content (AvgIpc) is 2.16. The molecule has 1 unspecified atom stereocenters. The molecule has 1 atom stereocenters. The topological polar surface area (TPSA) is 9.23 Å². The fourth-order valence-corrected chi connectivity index (χ4v) is 1.34. The molecule has 76 valence electrons. The number of unbranched alkanes of at least 4 members (excludes halogenated alkanes) is 4. The molecule has 0 aromatic carbocycles. The Kier molecular flexibility index (Phi) is 9.25. The normalized spacial score (nSPS) is 11.9. The Bertz CT molecular complexity index is 152. The molecule has 0 aliphatic carbocycles. The zero-order valence-electron chi connectivity index (χ0n) is 9.23. The summed E-state index contributed by atoms with van der Waals surface area (Å²) in [4.78, 5) is 0. The van der Waals surface area contributed by atoms with Crippen LogP contribution in [0.25, 0.3) is 0 Å². The smallest absolute Gasteiger partial charge is 0.117 e. The summed E-state index contributed by atoms with van der Waals surface area (Å²) in [7, 11) is 1.74. The molecule has 1 heteroatoms. The first kappa shape index (κ1) is 12.5. The van der Waals surface area contributed by atoms with Crippen molar-refractivity contribution in [1.82, 2.24) is 0 Å². The molecule has 0 aromatic rings. The Hall–Kier alpha value is -0.480. The molecule has 0 fully saturated rings. The largest absolute Gasteiger partial charge is 0.369 e. The van der Waals surface area contributed by atoms with Crippen molar-refractivity contribution >= 4 is 0 Å². The molecule has 0 aliphatic rings. The van der Waals surface area contributed by atoms with Gasteiger partial charge in [0.2, 0.25) is 0 Å². The van der Waals surface area contributed by atoms with E-state index in [4.69, 9.17) is 4.74 Å². The molecule has 0 bridgehead atoms. The van der Waals surface area contributed by atoms with Crippen LogP contribution < -0.4 is 0 Å². The van der Waals surface area contributed by atoms with Crippen LogP contribution in [-0.4, -0.2) is 13.2 Å². The van der Waals surface area contributed by atoms with E-state index >= 15 is 0 Å². The van der Waals surface area contributed by atoms with Crippen molar-refractivity contribution in [3.05, 3.63) is 0 Å². The van der Waals surface area contributed by atoms with Gasteiger partial charge in [0.1, 0.15) is 6.10 Å². The van der Waals surface area contributed by atoms with E-state index in [1.165, 1.54) is 32.1 Å². The van der Waals surface area contributed by atoms with Gasteiger partial charge in [-0.3, -0.25) is 0 Å². The second kappa shape index (κ2) is 9.61. The van der Waals surface area contributed by atoms with Crippen molar-refractivity contribution in [2.45, 2.75) is 58.5 Å². The van der Waals surface area contributed by atoms with Crippen molar-refractivity contribution in [2.75, 3.05) is 7.11 Å². The summed E-state index contributed by atoms with van der Waals surface area (Å²) in [5, 5.41) is 0. The van der Waals surface area contributed by atoms with Gasteiger partial charge in [0, 0.05) is 7.11 Å². The lowest BCUT2D eigenvalue weighted by Gasteiger charge is -2.07. The van der Waals surface area contributed by atoms with E-state index in [9.17, 15) is 0 Å². The maximum atomic E-state index is 5.22. The van der Waals surface area contributed by atoms with E-state index in [2.05, 4.69) is 18.8 Å². The van der Waals surface area contributed by atoms with Gasteiger partial charge in [0.05, 0.1) is 0 Å². The lowest BCUT2D eigenvalue weighted by Crippen LogP contribution is -2.06. The number of ether oxygens (including phenoxy) is 1. The van der Waals surface area contributed by atoms with Crippen molar-refractivity contribution in [2.24, 2.45) is 0 Å². The standard InChI is InChI=1S/C12H22O/c1-4-6-7-8-9-11-12(13-3)10-5-2/h12H,4,6-9,11H2,1-3H3. The lowest BCUT2D eigenvalue weighted by molar-refractivity contribution is 0.138. The Morgan fingerprint density at radius 3 is 2.38 bits per heavy atom. The van der Waals surface area contributed by atoms with Crippen LogP contribution in [0.4, 0.5) is 0 Å². The van der Waals surface area contributed by atoms with Gasteiger partial charge in [-0.05, 0) is 19.8 Å². The predicted octanol–water partition coefficient (Wildman–Crippen LogP) is 3.39. The minimum absolute atomic E-state index is 0.159. The lowest BCUT2D eigenvalue weighted by atomic mass is 10.1. The Labute approximate surface area is 82.9 Å². The molecule has 0 N–H and O–H groups in total. The van der Waals surface area contributed by atoms with Gasteiger partial charge >= 0.3 is 0 Å². The first-order chi connectivity index (χ1) is 6.35. The Morgan fingerprint density at radius 1 is 1.15 bits per heavy atom. The summed E-state index contributed by atoms with van der Waals surface area (Å²) in [5.74, 6) is 5.95. The highest BCUT2D eigenvalue weighted by atomic mass is 16.5. The summed E-state index contributed by atoms with van der Waals surface area (Å²) in [5.41, 5.74) is 0. The van der Waals surface area contributed by atoms with Gasteiger partial charge in [-0.25, -0.2) is 0 Å². The van der Waals surface area contributed by atoms with E-state index in [0.29, 0.717) is 0 Å². The van der Waals surface area contributed by atoms with Crippen LogP contribution in [-0.2, 0) is 4.74 Å². The molecule has 1 nitrogen and oxygen atoms in total. The van der Waals surface area contributed by atoms with Gasteiger partial charge in [-0.1, -0.05) is 38.5 Å². The number of hydrogen-bond acceptors (Lipinski definition) is 1. The Balaban J connectivity index is 3.31. The van der Waals surface area contributed by atoms with Gasteiger partial charge in [0.15, 0.2) is 0 Å². The molecular weight excluding hydrogens is 160 g/mol. The van der Waals surface area contributed by atoms with Crippen LogP contribution in [0.15, 0.2) is 0 Å². The molecule has 0 amide bonds. The molecule has 0 aromatic heterocycles. The highest BCUT2D eigenvalue weighted by Gasteiger charge is 2.01. The van der Waals surface area contributed by atoms with E-state index in [1.54, 1.807) is 7.11 Å². The molecule has 0 spiro atoms. The molecular formula is C12H22O. The van der Waals surface area contributed by atoms with Gasteiger partial charge in [0.25, 0.3) is 0 Å². The van der Waals surface area contributed by atoms with Gasteiger partial charge in [-0.2, -0.15) is 0 Å².